The van der Waals surface area contributed by atoms with Gasteiger partial charge >= 0.3 is 0 Å². The Balaban J connectivity index is 1.02. The molecule has 4 heteroatoms. The van der Waals surface area contributed by atoms with Gasteiger partial charge in [0, 0.05) is 40.8 Å². The molecule has 0 fully saturated rings. The van der Waals surface area contributed by atoms with E-state index in [0.29, 0.717) is 0 Å². The predicted octanol–water partition coefficient (Wildman–Crippen LogP) is 14.1. The summed E-state index contributed by atoms with van der Waals surface area (Å²) in [4.78, 5) is 9.95. The Morgan fingerprint density at radius 1 is 0.356 bits per heavy atom. The zero-order valence-corrected chi connectivity index (χ0v) is 32.5. The third kappa shape index (κ3) is 6.19. The molecule has 0 atom stereocenters. The highest BCUT2D eigenvalue weighted by Crippen LogP contribution is 2.39. The van der Waals surface area contributed by atoms with Crippen LogP contribution in [0.1, 0.15) is 0 Å². The van der Waals surface area contributed by atoms with Gasteiger partial charge in [0.05, 0.1) is 27.8 Å². The first-order chi connectivity index (χ1) is 29.1. The Kier molecular flexibility index (Phi) is 8.34. The van der Waals surface area contributed by atoms with Crippen molar-refractivity contribution in [1.82, 2.24) is 19.1 Å². The fourth-order valence-electron chi connectivity index (χ4n) is 8.56. The van der Waals surface area contributed by atoms with E-state index in [4.69, 9.17) is 4.98 Å². The minimum absolute atomic E-state index is 0.928. The van der Waals surface area contributed by atoms with Gasteiger partial charge in [0.1, 0.15) is 5.82 Å². The van der Waals surface area contributed by atoms with Crippen LogP contribution in [-0.4, -0.2) is 19.1 Å². The van der Waals surface area contributed by atoms with Crippen LogP contribution in [0.25, 0.3) is 106 Å². The number of imidazole rings is 1. The van der Waals surface area contributed by atoms with Crippen LogP contribution in [0.4, 0.5) is 0 Å². The zero-order chi connectivity index (χ0) is 39.3. The molecule has 3 heterocycles. The van der Waals surface area contributed by atoms with Gasteiger partial charge in [0.15, 0.2) is 0 Å². The summed E-state index contributed by atoms with van der Waals surface area (Å²) < 4.78 is 4.60. The first kappa shape index (κ1) is 34.4. The number of benzene rings is 8. The molecule has 0 bridgehead atoms. The van der Waals surface area contributed by atoms with E-state index in [1.807, 2.05) is 18.3 Å². The Labute approximate surface area is 343 Å². The summed E-state index contributed by atoms with van der Waals surface area (Å²) >= 11 is 0. The molecule has 3 aromatic heterocycles. The maximum absolute atomic E-state index is 5.28. The van der Waals surface area contributed by atoms with Crippen LogP contribution in [0.2, 0.25) is 0 Å². The highest BCUT2D eigenvalue weighted by atomic mass is 15.1. The summed E-state index contributed by atoms with van der Waals surface area (Å²) in [5.74, 6) is 0.928. The molecule has 0 unspecified atom stereocenters. The molecule has 0 aliphatic rings. The standard InChI is InChI=1S/C55H38N4/c1-58-53-31-28-44(42-24-20-40(21-25-42)38-13-6-3-7-14-38)35-51(53)57-55(58)46-26-29-48-49-34-43(41-22-18-39(19-23-41)37-11-4-2-5-12-37)27-30-52(49)59(54(48)36-46)47-16-10-15-45(33-47)50-17-8-9-32-56-50/h2-36H,1H3. The van der Waals surface area contributed by atoms with Crippen molar-refractivity contribution >= 4 is 32.8 Å². The minimum atomic E-state index is 0.928. The lowest BCUT2D eigenvalue weighted by atomic mass is 9.99. The van der Waals surface area contributed by atoms with Gasteiger partial charge in [-0.05, 0) is 99.1 Å². The third-order valence-corrected chi connectivity index (χ3v) is 11.6. The molecule has 0 N–H and O–H groups in total. The van der Waals surface area contributed by atoms with E-state index < -0.39 is 0 Å². The fraction of sp³-hybridized carbons (Fsp3) is 0.0182. The van der Waals surface area contributed by atoms with Crippen molar-refractivity contribution in [1.29, 1.82) is 0 Å². The monoisotopic (exact) mass is 754 g/mol. The second kappa shape index (κ2) is 14.3. The lowest BCUT2D eigenvalue weighted by molar-refractivity contribution is 0.959. The highest BCUT2D eigenvalue weighted by molar-refractivity contribution is 6.11. The molecule has 0 aliphatic carbocycles. The summed E-state index contributed by atoms with van der Waals surface area (Å²) in [6.07, 6.45) is 1.85. The minimum Gasteiger partial charge on any atom is -0.327 e. The van der Waals surface area contributed by atoms with E-state index in [0.717, 1.165) is 56.0 Å². The van der Waals surface area contributed by atoms with Gasteiger partial charge in [0.25, 0.3) is 0 Å². The first-order valence-electron chi connectivity index (χ1n) is 20.0. The number of fused-ring (bicyclic) bond motifs is 4. The third-order valence-electron chi connectivity index (χ3n) is 11.6. The molecule has 0 spiro atoms. The quantitative estimate of drug-likeness (QED) is 0.162. The Morgan fingerprint density at radius 2 is 0.898 bits per heavy atom. The number of aromatic nitrogens is 4. The topological polar surface area (TPSA) is 35.6 Å². The van der Waals surface area contributed by atoms with Gasteiger partial charge < -0.3 is 9.13 Å². The van der Waals surface area contributed by atoms with E-state index >= 15 is 0 Å². The summed E-state index contributed by atoms with van der Waals surface area (Å²) in [5, 5.41) is 2.39. The average molecular weight is 755 g/mol. The van der Waals surface area contributed by atoms with Crippen molar-refractivity contribution in [2.45, 2.75) is 0 Å². The number of hydrogen-bond donors (Lipinski definition) is 0. The summed E-state index contributed by atoms with van der Waals surface area (Å²) in [6, 6.07) is 73.8. The number of nitrogens with zero attached hydrogens (tertiary/aromatic N) is 4. The maximum Gasteiger partial charge on any atom is 0.140 e. The van der Waals surface area contributed by atoms with E-state index in [9.17, 15) is 0 Å². The summed E-state index contributed by atoms with van der Waals surface area (Å²) in [6.45, 7) is 0. The van der Waals surface area contributed by atoms with Gasteiger partial charge in [-0.3, -0.25) is 4.98 Å². The lowest BCUT2D eigenvalue weighted by Gasteiger charge is -2.11. The van der Waals surface area contributed by atoms with E-state index in [-0.39, 0.29) is 0 Å². The predicted molar refractivity (Wildman–Crippen MR) is 245 cm³/mol. The van der Waals surface area contributed by atoms with Crippen LogP contribution in [0, 0.1) is 0 Å². The molecular formula is C55H38N4. The van der Waals surface area contributed by atoms with Gasteiger partial charge in [-0.1, -0.05) is 152 Å². The summed E-state index contributed by atoms with van der Waals surface area (Å²) in [5.41, 5.74) is 18.0. The van der Waals surface area contributed by atoms with E-state index in [1.165, 1.54) is 49.7 Å². The van der Waals surface area contributed by atoms with Crippen molar-refractivity contribution in [2.24, 2.45) is 7.05 Å². The normalized spacial score (nSPS) is 11.5. The van der Waals surface area contributed by atoms with Crippen molar-refractivity contribution in [3.05, 3.63) is 212 Å². The number of pyridine rings is 1. The Bertz CT molecular complexity index is 3290. The van der Waals surface area contributed by atoms with E-state index in [2.05, 4.69) is 215 Å². The smallest absolute Gasteiger partial charge is 0.140 e. The molecule has 278 valence electrons. The molecule has 0 amide bonds. The van der Waals surface area contributed by atoms with Gasteiger partial charge in [-0.15, -0.1) is 0 Å². The zero-order valence-electron chi connectivity index (χ0n) is 32.5. The van der Waals surface area contributed by atoms with Crippen LogP contribution in [-0.2, 0) is 7.05 Å². The van der Waals surface area contributed by atoms with Crippen LogP contribution in [0.15, 0.2) is 212 Å². The number of rotatable bonds is 7. The van der Waals surface area contributed by atoms with Crippen LogP contribution >= 0.6 is 0 Å². The average Bonchev–Trinajstić information content (AvgIpc) is 3.83. The highest BCUT2D eigenvalue weighted by Gasteiger charge is 2.18. The van der Waals surface area contributed by atoms with Crippen LogP contribution in [0.5, 0.6) is 0 Å². The fourth-order valence-corrected chi connectivity index (χ4v) is 8.56. The second-order valence-corrected chi connectivity index (χ2v) is 15.1. The molecular weight excluding hydrogens is 717 g/mol. The Morgan fingerprint density at radius 3 is 1.54 bits per heavy atom. The molecule has 0 aliphatic heterocycles. The molecule has 11 rings (SSSR count). The second-order valence-electron chi connectivity index (χ2n) is 15.1. The lowest BCUT2D eigenvalue weighted by Crippen LogP contribution is -1.96. The largest absolute Gasteiger partial charge is 0.327 e. The maximum atomic E-state index is 5.28. The number of hydrogen-bond acceptors (Lipinski definition) is 2. The van der Waals surface area contributed by atoms with Gasteiger partial charge in [-0.25, -0.2) is 4.98 Å². The molecule has 0 saturated heterocycles. The first-order valence-corrected chi connectivity index (χ1v) is 20.0. The molecule has 8 aromatic carbocycles. The van der Waals surface area contributed by atoms with Gasteiger partial charge in [0.2, 0.25) is 0 Å². The summed E-state index contributed by atoms with van der Waals surface area (Å²) in [7, 11) is 2.12. The number of aryl methyl sites for hydroxylation is 1. The molecule has 59 heavy (non-hydrogen) atoms. The van der Waals surface area contributed by atoms with Crippen molar-refractivity contribution in [3.8, 4) is 72.8 Å². The molecule has 0 radical (unpaired) electrons. The molecule has 0 saturated carbocycles. The van der Waals surface area contributed by atoms with Crippen LogP contribution < -0.4 is 0 Å². The Hall–Kier alpha value is -7.82. The van der Waals surface area contributed by atoms with Gasteiger partial charge in [-0.2, -0.15) is 0 Å². The van der Waals surface area contributed by atoms with Crippen LogP contribution in [0.3, 0.4) is 0 Å². The van der Waals surface area contributed by atoms with E-state index in [1.54, 1.807) is 0 Å². The SMILES string of the molecule is Cn1c(-c2ccc3c4cc(-c5ccc(-c6ccccc6)cc5)ccc4n(-c4cccc(-c5ccccn5)c4)c3c2)nc2cc(-c3ccc(-c4ccccc4)cc3)ccc21. The molecule has 4 nitrogen and oxygen atoms in total. The van der Waals surface area contributed by atoms with Crippen molar-refractivity contribution < 1.29 is 0 Å². The molecule has 11 aromatic rings. The van der Waals surface area contributed by atoms with Crippen molar-refractivity contribution in [3.63, 3.8) is 0 Å². The van der Waals surface area contributed by atoms with Crippen molar-refractivity contribution in [2.75, 3.05) is 0 Å².